The lowest BCUT2D eigenvalue weighted by atomic mass is 9.72. The normalized spacial score (nSPS) is 28.9. The molecule has 1 fully saturated rings. The van der Waals surface area contributed by atoms with Crippen LogP contribution in [0.5, 0.6) is 0 Å². The van der Waals surface area contributed by atoms with Gasteiger partial charge in [0.15, 0.2) is 0 Å². The number of rotatable bonds is 6. The molecule has 2 unspecified atom stereocenters. The van der Waals surface area contributed by atoms with E-state index in [4.69, 9.17) is 5.73 Å². The predicted molar refractivity (Wildman–Crippen MR) is 76.2 cm³/mol. The minimum absolute atomic E-state index is 0.156. The molecule has 3 heteroatoms. The lowest BCUT2D eigenvalue weighted by molar-refractivity contribution is -0.126. The van der Waals surface area contributed by atoms with Crippen molar-refractivity contribution in [1.82, 2.24) is 5.32 Å². The van der Waals surface area contributed by atoms with E-state index in [9.17, 15) is 4.79 Å². The maximum Gasteiger partial charge on any atom is 0.237 e. The molecule has 0 aromatic heterocycles. The minimum atomic E-state index is -0.442. The van der Waals surface area contributed by atoms with Gasteiger partial charge >= 0.3 is 0 Å². The van der Waals surface area contributed by atoms with Crippen LogP contribution in [-0.4, -0.2) is 18.0 Å². The Morgan fingerprint density at radius 3 is 2.50 bits per heavy atom. The number of carbonyl (C=O) groups excluding carboxylic acids is 1. The van der Waals surface area contributed by atoms with Gasteiger partial charge in [-0.2, -0.15) is 0 Å². The second kappa shape index (κ2) is 6.55. The van der Waals surface area contributed by atoms with Gasteiger partial charge in [-0.25, -0.2) is 0 Å². The molecule has 1 aliphatic carbocycles. The van der Waals surface area contributed by atoms with Crippen molar-refractivity contribution in [1.29, 1.82) is 0 Å². The van der Waals surface area contributed by atoms with Gasteiger partial charge in [-0.05, 0) is 43.6 Å². The second-order valence-corrected chi connectivity index (χ2v) is 6.81. The number of nitrogens with one attached hydrogen (secondary N) is 1. The van der Waals surface area contributed by atoms with Crippen LogP contribution in [0.4, 0.5) is 0 Å². The third kappa shape index (κ3) is 4.27. The van der Waals surface area contributed by atoms with Gasteiger partial charge in [0.1, 0.15) is 0 Å². The fraction of sp³-hybridized carbons (Fsp3) is 0.933. The molecule has 3 nitrogen and oxygen atoms in total. The molecule has 18 heavy (non-hydrogen) atoms. The van der Waals surface area contributed by atoms with Gasteiger partial charge in [-0.3, -0.25) is 4.79 Å². The Morgan fingerprint density at radius 2 is 2.00 bits per heavy atom. The van der Waals surface area contributed by atoms with Gasteiger partial charge in [0, 0.05) is 0 Å². The molecule has 1 aliphatic rings. The molecule has 0 saturated heterocycles. The summed E-state index contributed by atoms with van der Waals surface area (Å²) in [6, 6.07) is 0. The highest BCUT2D eigenvalue weighted by Crippen LogP contribution is 2.35. The van der Waals surface area contributed by atoms with Crippen molar-refractivity contribution < 1.29 is 4.79 Å². The molecule has 0 aliphatic heterocycles. The van der Waals surface area contributed by atoms with E-state index in [0.717, 1.165) is 25.8 Å². The average molecular weight is 254 g/mol. The molecule has 2 atom stereocenters. The summed E-state index contributed by atoms with van der Waals surface area (Å²) < 4.78 is 0. The van der Waals surface area contributed by atoms with Crippen molar-refractivity contribution in [3.63, 3.8) is 0 Å². The number of primary amides is 1. The highest BCUT2D eigenvalue weighted by Gasteiger charge is 2.40. The first kappa shape index (κ1) is 15.5. The van der Waals surface area contributed by atoms with Crippen LogP contribution in [0.1, 0.15) is 59.8 Å². The molecule has 106 valence electrons. The zero-order valence-electron chi connectivity index (χ0n) is 12.5. The SMILES string of the molecule is CC(C)CNC1(C(N)=O)CCCC(CC(C)C)C1. The van der Waals surface area contributed by atoms with Gasteiger partial charge < -0.3 is 11.1 Å². The van der Waals surface area contributed by atoms with E-state index in [1.165, 1.54) is 12.8 Å². The number of carbonyl (C=O) groups is 1. The van der Waals surface area contributed by atoms with Crippen LogP contribution in [0.2, 0.25) is 0 Å². The molecule has 1 amide bonds. The Morgan fingerprint density at radius 1 is 1.33 bits per heavy atom. The third-order valence-electron chi connectivity index (χ3n) is 3.98. The van der Waals surface area contributed by atoms with Crippen LogP contribution in [0, 0.1) is 17.8 Å². The molecule has 0 spiro atoms. The van der Waals surface area contributed by atoms with E-state index in [2.05, 4.69) is 33.0 Å². The van der Waals surface area contributed by atoms with Crippen LogP contribution in [-0.2, 0) is 4.79 Å². The van der Waals surface area contributed by atoms with Gasteiger partial charge in [0.2, 0.25) is 5.91 Å². The van der Waals surface area contributed by atoms with Gasteiger partial charge in [-0.1, -0.05) is 40.5 Å². The van der Waals surface area contributed by atoms with Crippen LogP contribution < -0.4 is 11.1 Å². The first-order valence-corrected chi connectivity index (χ1v) is 7.40. The summed E-state index contributed by atoms with van der Waals surface area (Å²) in [5.41, 5.74) is 5.24. The molecule has 3 N–H and O–H groups in total. The van der Waals surface area contributed by atoms with E-state index >= 15 is 0 Å². The molecular weight excluding hydrogens is 224 g/mol. The maximum atomic E-state index is 11.9. The predicted octanol–water partition coefficient (Wildman–Crippen LogP) is 2.69. The Kier molecular flexibility index (Phi) is 5.64. The topological polar surface area (TPSA) is 55.1 Å². The average Bonchev–Trinajstić information content (AvgIpc) is 2.25. The van der Waals surface area contributed by atoms with Crippen LogP contribution in [0.3, 0.4) is 0 Å². The van der Waals surface area contributed by atoms with Gasteiger partial charge in [0.05, 0.1) is 5.54 Å². The Hall–Kier alpha value is -0.570. The summed E-state index contributed by atoms with van der Waals surface area (Å²) in [5.74, 6) is 1.73. The molecule has 1 saturated carbocycles. The van der Waals surface area contributed by atoms with E-state index in [0.29, 0.717) is 17.8 Å². The highest BCUT2D eigenvalue weighted by molar-refractivity contribution is 5.84. The van der Waals surface area contributed by atoms with E-state index in [1.807, 2.05) is 0 Å². The summed E-state index contributed by atoms with van der Waals surface area (Å²) >= 11 is 0. The number of hydrogen-bond acceptors (Lipinski definition) is 2. The molecule has 0 heterocycles. The quantitative estimate of drug-likeness (QED) is 0.765. The van der Waals surface area contributed by atoms with Crippen molar-refractivity contribution in [2.45, 2.75) is 65.3 Å². The van der Waals surface area contributed by atoms with Crippen LogP contribution >= 0.6 is 0 Å². The summed E-state index contributed by atoms with van der Waals surface area (Å²) in [6.45, 7) is 9.70. The minimum Gasteiger partial charge on any atom is -0.368 e. The number of hydrogen-bond donors (Lipinski definition) is 2. The second-order valence-electron chi connectivity index (χ2n) is 6.81. The Bertz CT molecular complexity index is 276. The number of amides is 1. The molecule has 0 aromatic rings. The highest BCUT2D eigenvalue weighted by atomic mass is 16.1. The summed E-state index contributed by atoms with van der Waals surface area (Å²) in [7, 11) is 0. The lowest BCUT2D eigenvalue weighted by Gasteiger charge is -2.40. The van der Waals surface area contributed by atoms with Crippen molar-refractivity contribution in [3.8, 4) is 0 Å². The van der Waals surface area contributed by atoms with Crippen LogP contribution in [0.25, 0.3) is 0 Å². The largest absolute Gasteiger partial charge is 0.368 e. The molecule has 0 bridgehead atoms. The van der Waals surface area contributed by atoms with E-state index < -0.39 is 5.54 Å². The van der Waals surface area contributed by atoms with Crippen molar-refractivity contribution in [2.75, 3.05) is 6.54 Å². The first-order valence-electron chi connectivity index (χ1n) is 7.40. The Labute approximate surface area is 112 Å². The van der Waals surface area contributed by atoms with Gasteiger partial charge in [-0.15, -0.1) is 0 Å². The van der Waals surface area contributed by atoms with E-state index in [1.54, 1.807) is 0 Å². The van der Waals surface area contributed by atoms with Crippen LogP contribution in [0.15, 0.2) is 0 Å². The van der Waals surface area contributed by atoms with Crippen molar-refractivity contribution in [2.24, 2.45) is 23.5 Å². The monoisotopic (exact) mass is 254 g/mol. The zero-order valence-corrected chi connectivity index (χ0v) is 12.5. The molecule has 0 aromatic carbocycles. The third-order valence-corrected chi connectivity index (χ3v) is 3.98. The summed E-state index contributed by atoms with van der Waals surface area (Å²) in [4.78, 5) is 11.9. The standard InChI is InChI=1S/C15H30N2O/c1-11(2)8-13-6-5-7-15(9-13,14(16)18)17-10-12(3)4/h11-13,17H,5-10H2,1-4H3,(H2,16,18). The van der Waals surface area contributed by atoms with Gasteiger partial charge in [0.25, 0.3) is 0 Å². The first-order chi connectivity index (χ1) is 8.35. The number of nitrogens with two attached hydrogens (primary N) is 1. The fourth-order valence-electron chi connectivity index (χ4n) is 3.13. The smallest absolute Gasteiger partial charge is 0.237 e. The Balaban J connectivity index is 2.68. The summed E-state index contributed by atoms with van der Waals surface area (Å²) in [5, 5.41) is 3.46. The van der Waals surface area contributed by atoms with E-state index in [-0.39, 0.29) is 5.91 Å². The van der Waals surface area contributed by atoms with Crippen molar-refractivity contribution >= 4 is 5.91 Å². The lowest BCUT2D eigenvalue weighted by Crippen LogP contribution is -2.58. The zero-order chi connectivity index (χ0) is 13.8. The molecular formula is C15H30N2O. The fourth-order valence-corrected chi connectivity index (χ4v) is 3.13. The molecule has 1 rings (SSSR count). The summed E-state index contributed by atoms with van der Waals surface area (Å²) in [6.07, 6.45) is 5.40. The molecule has 0 radical (unpaired) electrons. The van der Waals surface area contributed by atoms with Crippen molar-refractivity contribution in [3.05, 3.63) is 0 Å². The maximum absolute atomic E-state index is 11.9.